The van der Waals surface area contributed by atoms with E-state index >= 15 is 0 Å². The Morgan fingerprint density at radius 3 is 2.32 bits per heavy atom. The average molecular weight is 264 g/mol. The molecule has 2 saturated heterocycles. The fourth-order valence-electron chi connectivity index (χ4n) is 2.67. The number of ether oxygens (including phenoxy) is 2. The molecular formula is C13H20N4O2. The first kappa shape index (κ1) is 12.5. The fourth-order valence-corrected chi connectivity index (χ4v) is 2.67. The van der Waals surface area contributed by atoms with E-state index in [9.17, 15) is 0 Å². The summed E-state index contributed by atoms with van der Waals surface area (Å²) in [6, 6.07) is 2.35. The first-order chi connectivity index (χ1) is 9.30. The summed E-state index contributed by atoms with van der Waals surface area (Å²) in [6.45, 7) is 4.47. The van der Waals surface area contributed by atoms with Crippen molar-refractivity contribution < 1.29 is 9.47 Å². The van der Waals surface area contributed by atoms with E-state index in [2.05, 4.69) is 19.8 Å². The summed E-state index contributed by atoms with van der Waals surface area (Å²) in [5.41, 5.74) is 0. The molecule has 0 saturated carbocycles. The normalized spacial score (nSPS) is 23.3. The van der Waals surface area contributed by atoms with Crippen LogP contribution >= 0.6 is 0 Å². The van der Waals surface area contributed by atoms with Crippen LogP contribution in [0.5, 0.6) is 11.8 Å². The molecule has 2 aliphatic heterocycles. The van der Waals surface area contributed by atoms with Crippen molar-refractivity contribution in [2.24, 2.45) is 0 Å². The highest BCUT2D eigenvalue weighted by molar-refractivity contribution is 5.38. The van der Waals surface area contributed by atoms with Crippen molar-refractivity contribution in [3.63, 3.8) is 0 Å². The van der Waals surface area contributed by atoms with E-state index in [-0.39, 0.29) is 0 Å². The smallest absolute Gasteiger partial charge is 0.232 e. The number of hydrogen-bond donors (Lipinski definition) is 0. The van der Waals surface area contributed by atoms with Crippen LogP contribution in [-0.2, 0) is 0 Å². The number of nitrogens with zero attached hydrogens (tertiary/aromatic N) is 4. The van der Waals surface area contributed by atoms with Crippen molar-refractivity contribution in [2.45, 2.75) is 18.9 Å². The van der Waals surface area contributed by atoms with E-state index in [4.69, 9.17) is 9.47 Å². The van der Waals surface area contributed by atoms with Crippen LogP contribution in [0.4, 0.5) is 5.95 Å². The third-order valence-corrected chi connectivity index (χ3v) is 3.94. The van der Waals surface area contributed by atoms with Gasteiger partial charge in [0.25, 0.3) is 0 Å². The lowest BCUT2D eigenvalue weighted by Crippen LogP contribution is -2.46. The molecule has 6 nitrogen and oxygen atoms in total. The summed E-state index contributed by atoms with van der Waals surface area (Å²) in [5, 5.41) is 0. The van der Waals surface area contributed by atoms with Crippen LogP contribution in [0.25, 0.3) is 0 Å². The molecule has 0 amide bonds. The van der Waals surface area contributed by atoms with E-state index in [1.807, 2.05) is 0 Å². The van der Waals surface area contributed by atoms with E-state index < -0.39 is 0 Å². The maximum atomic E-state index is 5.20. The van der Waals surface area contributed by atoms with Gasteiger partial charge in [-0.1, -0.05) is 0 Å². The average Bonchev–Trinajstić information content (AvgIpc) is 2.85. The van der Waals surface area contributed by atoms with E-state index in [1.165, 1.54) is 25.9 Å². The monoisotopic (exact) mass is 264 g/mol. The van der Waals surface area contributed by atoms with Gasteiger partial charge in [-0.05, 0) is 25.9 Å². The predicted molar refractivity (Wildman–Crippen MR) is 71.9 cm³/mol. The first-order valence-electron chi connectivity index (χ1n) is 6.76. The van der Waals surface area contributed by atoms with Crippen molar-refractivity contribution >= 4 is 5.95 Å². The molecule has 19 heavy (non-hydrogen) atoms. The van der Waals surface area contributed by atoms with E-state index in [0.29, 0.717) is 23.8 Å². The van der Waals surface area contributed by atoms with Crippen LogP contribution in [0, 0.1) is 0 Å². The molecule has 1 aromatic heterocycles. The van der Waals surface area contributed by atoms with Crippen LogP contribution in [0.1, 0.15) is 12.8 Å². The Morgan fingerprint density at radius 2 is 1.79 bits per heavy atom. The van der Waals surface area contributed by atoms with Crippen LogP contribution < -0.4 is 14.4 Å². The van der Waals surface area contributed by atoms with Gasteiger partial charge in [0, 0.05) is 19.1 Å². The second-order valence-corrected chi connectivity index (χ2v) is 5.03. The van der Waals surface area contributed by atoms with Crippen molar-refractivity contribution in [1.82, 2.24) is 14.9 Å². The lowest BCUT2D eigenvalue weighted by molar-refractivity contribution is 0.129. The van der Waals surface area contributed by atoms with E-state index in [1.54, 1.807) is 20.3 Å². The molecule has 0 bridgehead atoms. The number of methoxy groups -OCH3 is 2. The Hall–Kier alpha value is -1.56. The molecular weight excluding hydrogens is 244 g/mol. The van der Waals surface area contributed by atoms with Crippen molar-refractivity contribution in [3.05, 3.63) is 6.07 Å². The quantitative estimate of drug-likeness (QED) is 0.801. The van der Waals surface area contributed by atoms with Crippen LogP contribution in [0.15, 0.2) is 6.07 Å². The third kappa shape index (κ3) is 2.45. The molecule has 1 unspecified atom stereocenters. The topological polar surface area (TPSA) is 50.7 Å². The standard InChI is InChI=1S/C13H20N4O2/c1-18-11-8-12(19-2)15-13(14-11)17-7-4-10(9-17)16-5-3-6-16/h8,10H,3-7,9H2,1-2H3. The molecule has 2 aliphatic rings. The highest BCUT2D eigenvalue weighted by Crippen LogP contribution is 2.26. The Kier molecular flexibility index (Phi) is 3.42. The second kappa shape index (κ2) is 5.21. The summed E-state index contributed by atoms with van der Waals surface area (Å²) in [5.74, 6) is 1.81. The maximum Gasteiger partial charge on any atom is 0.232 e. The zero-order chi connectivity index (χ0) is 13.2. The SMILES string of the molecule is COc1cc(OC)nc(N2CCC(N3CCC3)C2)n1. The lowest BCUT2D eigenvalue weighted by atomic mass is 10.1. The van der Waals surface area contributed by atoms with Crippen molar-refractivity contribution in [2.75, 3.05) is 45.3 Å². The molecule has 2 fully saturated rings. The minimum Gasteiger partial charge on any atom is -0.481 e. The highest BCUT2D eigenvalue weighted by Gasteiger charge is 2.32. The van der Waals surface area contributed by atoms with Gasteiger partial charge in [0.05, 0.1) is 20.3 Å². The second-order valence-electron chi connectivity index (χ2n) is 5.03. The summed E-state index contributed by atoms with van der Waals surface area (Å²) >= 11 is 0. The number of hydrogen-bond acceptors (Lipinski definition) is 6. The fraction of sp³-hybridized carbons (Fsp3) is 0.692. The third-order valence-electron chi connectivity index (χ3n) is 3.94. The van der Waals surface area contributed by atoms with Crippen molar-refractivity contribution in [1.29, 1.82) is 0 Å². The van der Waals surface area contributed by atoms with Gasteiger partial charge in [-0.25, -0.2) is 0 Å². The molecule has 3 heterocycles. The van der Waals surface area contributed by atoms with Gasteiger partial charge in [-0.15, -0.1) is 0 Å². The molecule has 0 aromatic carbocycles. The van der Waals surface area contributed by atoms with Crippen molar-refractivity contribution in [3.8, 4) is 11.8 Å². The zero-order valence-corrected chi connectivity index (χ0v) is 11.5. The molecule has 0 aliphatic carbocycles. The summed E-state index contributed by atoms with van der Waals surface area (Å²) in [4.78, 5) is 13.6. The molecule has 1 aromatic rings. The number of aromatic nitrogens is 2. The van der Waals surface area contributed by atoms with E-state index in [0.717, 1.165) is 13.1 Å². The molecule has 0 spiro atoms. The predicted octanol–water partition coefficient (Wildman–Crippen LogP) is 0.778. The summed E-state index contributed by atoms with van der Waals surface area (Å²) in [6.07, 6.45) is 2.52. The number of likely N-dealkylation sites (tertiary alicyclic amines) is 1. The Bertz CT molecular complexity index is 428. The largest absolute Gasteiger partial charge is 0.481 e. The Labute approximate surface area is 113 Å². The van der Waals surface area contributed by atoms with Gasteiger partial charge in [0.15, 0.2) is 0 Å². The minimum atomic E-state index is 0.550. The Balaban J connectivity index is 1.74. The van der Waals surface area contributed by atoms with Gasteiger partial charge in [-0.2, -0.15) is 9.97 Å². The van der Waals surface area contributed by atoms with Gasteiger partial charge in [0.2, 0.25) is 17.7 Å². The molecule has 104 valence electrons. The van der Waals surface area contributed by atoms with Gasteiger partial charge < -0.3 is 14.4 Å². The van der Waals surface area contributed by atoms with Crippen LogP contribution in [-0.4, -0.2) is 61.3 Å². The molecule has 3 rings (SSSR count). The number of rotatable bonds is 4. The number of anilines is 1. The summed E-state index contributed by atoms with van der Waals surface area (Å²) in [7, 11) is 3.22. The highest BCUT2D eigenvalue weighted by atomic mass is 16.5. The van der Waals surface area contributed by atoms with Gasteiger partial charge in [0.1, 0.15) is 0 Å². The Morgan fingerprint density at radius 1 is 1.11 bits per heavy atom. The van der Waals surface area contributed by atoms with Gasteiger partial charge in [-0.3, -0.25) is 4.90 Å². The molecule has 0 radical (unpaired) electrons. The molecule has 1 atom stereocenters. The van der Waals surface area contributed by atoms with Gasteiger partial charge >= 0.3 is 0 Å². The first-order valence-corrected chi connectivity index (χ1v) is 6.76. The van der Waals surface area contributed by atoms with Crippen LogP contribution in [0.3, 0.4) is 0 Å². The van der Waals surface area contributed by atoms with Crippen LogP contribution in [0.2, 0.25) is 0 Å². The molecule has 0 N–H and O–H groups in total. The molecule has 6 heteroatoms. The minimum absolute atomic E-state index is 0.550. The summed E-state index contributed by atoms with van der Waals surface area (Å²) < 4.78 is 10.4. The lowest BCUT2D eigenvalue weighted by Gasteiger charge is -2.36. The maximum absolute atomic E-state index is 5.20. The zero-order valence-electron chi connectivity index (χ0n) is 11.5.